The number of rotatable bonds is 2. The van der Waals surface area contributed by atoms with Gasteiger partial charge in [0.05, 0.1) is 5.88 Å². The smallest absolute Gasteiger partial charge is 0.170 e. The SMILES string of the molecule is CC1CN2CCCCC2CN1c1nccc(CCl)c1F. The van der Waals surface area contributed by atoms with Crippen molar-refractivity contribution in [1.82, 2.24) is 9.88 Å². The lowest BCUT2D eigenvalue weighted by Crippen LogP contribution is -2.59. The van der Waals surface area contributed by atoms with E-state index in [1.165, 1.54) is 25.8 Å². The van der Waals surface area contributed by atoms with Gasteiger partial charge in [0.25, 0.3) is 0 Å². The topological polar surface area (TPSA) is 19.4 Å². The van der Waals surface area contributed by atoms with Gasteiger partial charge >= 0.3 is 0 Å². The number of fused-ring (bicyclic) bond motifs is 1. The molecule has 0 radical (unpaired) electrons. The van der Waals surface area contributed by atoms with E-state index in [-0.39, 0.29) is 17.7 Å². The summed E-state index contributed by atoms with van der Waals surface area (Å²) in [5.74, 6) is 0.415. The second-order valence-electron chi connectivity index (χ2n) is 5.89. The summed E-state index contributed by atoms with van der Waals surface area (Å²) in [5, 5.41) is 0. The first-order chi connectivity index (χ1) is 9.70. The lowest BCUT2D eigenvalue weighted by atomic mass is 9.97. The third-order valence-electron chi connectivity index (χ3n) is 4.55. The fraction of sp³-hybridized carbons (Fsp3) is 0.667. The minimum atomic E-state index is -0.251. The van der Waals surface area contributed by atoms with Crippen LogP contribution in [-0.2, 0) is 5.88 Å². The predicted molar refractivity (Wildman–Crippen MR) is 79.8 cm³/mol. The molecule has 2 atom stereocenters. The average molecular weight is 298 g/mol. The summed E-state index contributed by atoms with van der Waals surface area (Å²) < 4.78 is 14.5. The molecule has 2 aliphatic heterocycles. The first-order valence-electron chi connectivity index (χ1n) is 7.40. The van der Waals surface area contributed by atoms with Crippen LogP contribution < -0.4 is 4.90 Å². The molecule has 2 unspecified atom stereocenters. The highest BCUT2D eigenvalue weighted by atomic mass is 35.5. The highest BCUT2D eigenvalue weighted by Crippen LogP contribution is 2.29. The van der Waals surface area contributed by atoms with Crippen LogP contribution in [0.5, 0.6) is 0 Å². The van der Waals surface area contributed by atoms with E-state index in [4.69, 9.17) is 11.6 Å². The molecule has 20 heavy (non-hydrogen) atoms. The van der Waals surface area contributed by atoms with Crippen molar-refractivity contribution < 1.29 is 4.39 Å². The summed E-state index contributed by atoms with van der Waals surface area (Å²) >= 11 is 5.80. The fourth-order valence-corrected chi connectivity index (χ4v) is 3.63. The van der Waals surface area contributed by atoms with E-state index in [1.54, 1.807) is 12.3 Å². The van der Waals surface area contributed by atoms with Crippen LogP contribution in [0.2, 0.25) is 0 Å². The summed E-state index contributed by atoms with van der Waals surface area (Å²) in [6, 6.07) is 2.49. The van der Waals surface area contributed by atoms with Crippen LogP contribution in [0.3, 0.4) is 0 Å². The van der Waals surface area contributed by atoms with Crippen molar-refractivity contribution in [3.63, 3.8) is 0 Å². The number of nitrogens with zero attached hydrogens (tertiary/aromatic N) is 3. The number of piperidine rings is 1. The Morgan fingerprint density at radius 3 is 3.05 bits per heavy atom. The van der Waals surface area contributed by atoms with Crippen molar-refractivity contribution >= 4 is 17.4 Å². The molecule has 3 nitrogen and oxygen atoms in total. The van der Waals surface area contributed by atoms with Gasteiger partial charge in [-0.2, -0.15) is 0 Å². The molecule has 3 heterocycles. The van der Waals surface area contributed by atoms with Gasteiger partial charge in [0.1, 0.15) is 0 Å². The van der Waals surface area contributed by atoms with Crippen molar-refractivity contribution in [2.45, 2.75) is 44.1 Å². The van der Waals surface area contributed by atoms with Crippen LogP contribution in [0.1, 0.15) is 31.7 Å². The normalized spacial score (nSPS) is 27.4. The van der Waals surface area contributed by atoms with Crippen LogP contribution in [-0.4, -0.2) is 41.6 Å². The molecular weight excluding hydrogens is 277 g/mol. The molecule has 5 heteroatoms. The molecular formula is C15H21ClFN3. The van der Waals surface area contributed by atoms with E-state index in [1.807, 2.05) is 0 Å². The predicted octanol–water partition coefficient (Wildman–Crippen LogP) is 3.02. The van der Waals surface area contributed by atoms with E-state index in [2.05, 4.69) is 21.7 Å². The zero-order valence-electron chi connectivity index (χ0n) is 11.9. The van der Waals surface area contributed by atoms with Gasteiger partial charge in [-0.3, -0.25) is 4.90 Å². The maximum Gasteiger partial charge on any atom is 0.170 e. The maximum absolute atomic E-state index is 14.5. The van der Waals surface area contributed by atoms with Crippen molar-refractivity contribution in [2.75, 3.05) is 24.5 Å². The van der Waals surface area contributed by atoms with Crippen LogP contribution in [0.4, 0.5) is 10.2 Å². The van der Waals surface area contributed by atoms with Gasteiger partial charge in [-0.15, -0.1) is 11.6 Å². The molecule has 0 bridgehead atoms. The molecule has 0 amide bonds. The largest absolute Gasteiger partial charge is 0.349 e. The summed E-state index contributed by atoms with van der Waals surface area (Å²) in [6.45, 7) is 5.20. The Morgan fingerprint density at radius 2 is 2.25 bits per heavy atom. The zero-order valence-corrected chi connectivity index (χ0v) is 12.6. The molecule has 0 saturated carbocycles. The summed E-state index contributed by atoms with van der Waals surface area (Å²) in [5.41, 5.74) is 0.537. The molecule has 2 saturated heterocycles. The standard InChI is InChI=1S/C15H21ClFN3/c1-11-9-19-7-3-2-4-13(19)10-20(11)15-14(17)12(8-16)5-6-18-15/h5-6,11,13H,2-4,7-10H2,1H3. The Labute approximate surface area is 124 Å². The molecule has 1 aromatic rings. The van der Waals surface area contributed by atoms with Crippen molar-refractivity contribution in [1.29, 1.82) is 0 Å². The van der Waals surface area contributed by atoms with Crippen LogP contribution in [0.15, 0.2) is 12.3 Å². The van der Waals surface area contributed by atoms with Gasteiger partial charge in [-0.1, -0.05) is 6.42 Å². The molecule has 110 valence electrons. The number of halogens is 2. The summed E-state index contributed by atoms with van der Waals surface area (Å²) in [6.07, 6.45) is 5.44. The van der Waals surface area contributed by atoms with E-state index in [0.29, 0.717) is 17.4 Å². The van der Waals surface area contributed by atoms with Crippen LogP contribution in [0, 0.1) is 5.82 Å². The lowest BCUT2D eigenvalue weighted by molar-refractivity contribution is 0.115. The number of hydrogen-bond acceptors (Lipinski definition) is 3. The first kappa shape index (κ1) is 14.1. The number of alkyl halides is 1. The molecule has 0 N–H and O–H groups in total. The van der Waals surface area contributed by atoms with Gasteiger partial charge in [0, 0.05) is 36.9 Å². The van der Waals surface area contributed by atoms with E-state index in [9.17, 15) is 4.39 Å². The van der Waals surface area contributed by atoms with Gasteiger partial charge < -0.3 is 4.90 Å². The Kier molecular flexibility index (Phi) is 4.13. The van der Waals surface area contributed by atoms with Gasteiger partial charge in [0.15, 0.2) is 11.6 Å². The summed E-state index contributed by atoms with van der Waals surface area (Å²) in [7, 11) is 0. The second kappa shape index (κ2) is 5.86. The van der Waals surface area contributed by atoms with Gasteiger partial charge in [-0.05, 0) is 32.4 Å². The first-order valence-corrected chi connectivity index (χ1v) is 7.94. The number of piperazine rings is 1. The zero-order chi connectivity index (χ0) is 14.1. The lowest BCUT2D eigenvalue weighted by Gasteiger charge is -2.48. The van der Waals surface area contributed by atoms with Crippen molar-refractivity contribution in [2.24, 2.45) is 0 Å². The van der Waals surface area contributed by atoms with E-state index < -0.39 is 0 Å². The maximum atomic E-state index is 14.5. The Morgan fingerprint density at radius 1 is 1.40 bits per heavy atom. The number of anilines is 1. The van der Waals surface area contributed by atoms with Gasteiger partial charge in [0.2, 0.25) is 0 Å². The molecule has 0 aromatic carbocycles. The third-order valence-corrected chi connectivity index (χ3v) is 4.84. The molecule has 1 aromatic heterocycles. The van der Waals surface area contributed by atoms with E-state index in [0.717, 1.165) is 13.1 Å². The third kappa shape index (κ3) is 2.51. The Hall–Kier alpha value is -0.870. The second-order valence-corrected chi connectivity index (χ2v) is 6.15. The molecule has 2 aliphatic rings. The van der Waals surface area contributed by atoms with Crippen molar-refractivity contribution in [3.8, 4) is 0 Å². The number of pyridine rings is 1. The number of hydrogen-bond donors (Lipinski definition) is 0. The van der Waals surface area contributed by atoms with Crippen LogP contribution >= 0.6 is 11.6 Å². The van der Waals surface area contributed by atoms with Crippen LogP contribution in [0.25, 0.3) is 0 Å². The highest BCUT2D eigenvalue weighted by Gasteiger charge is 2.34. The number of aromatic nitrogens is 1. The van der Waals surface area contributed by atoms with Gasteiger partial charge in [-0.25, -0.2) is 9.37 Å². The average Bonchev–Trinajstić information content (AvgIpc) is 2.47. The Bertz CT molecular complexity index is 482. The van der Waals surface area contributed by atoms with Crippen molar-refractivity contribution in [3.05, 3.63) is 23.6 Å². The monoisotopic (exact) mass is 297 g/mol. The quantitative estimate of drug-likeness (QED) is 0.782. The summed E-state index contributed by atoms with van der Waals surface area (Å²) in [4.78, 5) is 8.94. The molecule has 0 spiro atoms. The minimum Gasteiger partial charge on any atom is -0.349 e. The minimum absolute atomic E-state index is 0.194. The highest BCUT2D eigenvalue weighted by molar-refractivity contribution is 6.17. The molecule has 0 aliphatic carbocycles. The van der Waals surface area contributed by atoms with E-state index >= 15 is 0 Å². The molecule has 3 rings (SSSR count). The molecule has 2 fully saturated rings. The Balaban J connectivity index is 1.86. The fourth-order valence-electron chi connectivity index (χ4n) is 3.42.